The number of ether oxygens (including phenoxy) is 2. The Labute approximate surface area is 238 Å². The van der Waals surface area contributed by atoms with E-state index in [9.17, 15) is 23.1 Å². The Morgan fingerprint density at radius 2 is 1.57 bits per heavy atom. The molecule has 216 valence electrons. The van der Waals surface area contributed by atoms with Gasteiger partial charge in [0.25, 0.3) is 0 Å². The molecule has 3 aliphatic heterocycles. The van der Waals surface area contributed by atoms with Crippen molar-refractivity contribution >= 4 is 34.6 Å². The van der Waals surface area contributed by atoms with E-state index in [-0.39, 0.29) is 6.10 Å². The van der Waals surface area contributed by atoms with Crippen LogP contribution in [0.3, 0.4) is 0 Å². The van der Waals surface area contributed by atoms with Gasteiger partial charge in [0.05, 0.1) is 26.2 Å². The minimum atomic E-state index is -5.19. The quantitative estimate of drug-likeness (QED) is 0.228. The number of carbonyl (C=O) groups is 2. The first kappa shape index (κ1) is 30.0. The van der Waals surface area contributed by atoms with Gasteiger partial charge >= 0.3 is 12.1 Å². The Morgan fingerprint density at radius 1 is 1.00 bits per heavy atom. The lowest BCUT2D eigenvalue weighted by Gasteiger charge is -2.52. The third kappa shape index (κ3) is 7.03. The molecule has 0 aliphatic carbocycles. The fourth-order valence-corrected chi connectivity index (χ4v) is 6.74. The van der Waals surface area contributed by atoms with Crippen LogP contribution in [0.4, 0.5) is 13.2 Å². The molecule has 0 spiro atoms. The van der Waals surface area contributed by atoms with E-state index in [4.69, 9.17) is 19.4 Å². The van der Waals surface area contributed by atoms with Gasteiger partial charge in [0.1, 0.15) is 18.3 Å². The minimum absolute atomic E-state index is 0.154. The molecule has 3 fully saturated rings. The second kappa shape index (κ2) is 12.7. The minimum Gasteiger partial charge on any atom is -0.542 e. The maximum absolute atomic E-state index is 13.4. The third-order valence-electron chi connectivity index (χ3n) is 7.49. The maximum Gasteiger partial charge on any atom is 0.430 e. The molecule has 0 radical (unpaired) electrons. The van der Waals surface area contributed by atoms with Crippen molar-refractivity contribution in [3.8, 4) is 5.75 Å². The first-order valence-electron chi connectivity index (χ1n) is 12.8. The molecular weight excluding hydrogens is 567 g/mol. The molecule has 7 nitrogen and oxygen atoms in total. The number of aliphatic hydroxyl groups is 1. The molecule has 2 bridgehead atoms. The highest BCUT2D eigenvalue weighted by molar-refractivity contribution is 7.08. The number of para-hydroxylation sites is 1. The Morgan fingerprint density at radius 3 is 2.08 bits per heavy atom. The van der Waals surface area contributed by atoms with Crippen LogP contribution in [0.5, 0.6) is 5.75 Å². The lowest BCUT2D eigenvalue weighted by atomic mass is 9.82. The van der Waals surface area contributed by atoms with Crippen LogP contribution in [0.2, 0.25) is 0 Å². The van der Waals surface area contributed by atoms with Crippen LogP contribution in [0.15, 0.2) is 64.0 Å². The number of carboxylic acid groups (broad SMARTS) is 1. The number of piperidine rings is 3. The van der Waals surface area contributed by atoms with Crippen molar-refractivity contribution in [1.82, 2.24) is 0 Å². The number of carbonyl (C=O) groups excluding carboxylic acids is 2. The molecule has 0 amide bonds. The van der Waals surface area contributed by atoms with Crippen molar-refractivity contribution in [1.29, 1.82) is 0 Å². The average molecular weight is 598 g/mol. The Hall–Kier alpha value is -2.93. The second-order valence-corrected chi connectivity index (χ2v) is 11.6. The van der Waals surface area contributed by atoms with Crippen molar-refractivity contribution in [3.63, 3.8) is 0 Å². The number of nitrogens with zero attached hydrogens (tertiary/aromatic N) is 1. The van der Waals surface area contributed by atoms with Crippen LogP contribution in [0, 0.1) is 5.92 Å². The molecule has 1 aromatic carbocycles. The fourth-order valence-electron chi connectivity index (χ4n) is 5.34. The largest absolute Gasteiger partial charge is 0.542 e. The zero-order chi connectivity index (χ0) is 28.8. The summed E-state index contributed by atoms with van der Waals surface area (Å²) in [6, 6.07) is 13.5. The smallest absolute Gasteiger partial charge is 0.430 e. The first-order valence-corrected chi connectivity index (χ1v) is 14.7. The lowest BCUT2D eigenvalue weighted by Crippen LogP contribution is -2.65. The van der Waals surface area contributed by atoms with E-state index >= 15 is 0 Å². The highest BCUT2D eigenvalue weighted by Gasteiger charge is 2.50. The van der Waals surface area contributed by atoms with Crippen molar-refractivity contribution in [2.75, 3.05) is 32.8 Å². The van der Waals surface area contributed by atoms with Crippen molar-refractivity contribution < 1.29 is 46.9 Å². The number of esters is 1. The Bertz CT molecular complexity index is 1190. The number of hydrogen-bond acceptors (Lipinski definition) is 8. The number of hydrogen-bond donors (Lipinski definition) is 1. The summed E-state index contributed by atoms with van der Waals surface area (Å²) in [5.74, 6) is -2.28. The summed E-state index contributed by atoms with van der Waals surface area (Å²) in [5, 5.41) is 27.8. The van der Waals surface area contributed by atoms with E-state index in [1.54, 1.807) is 12.1 Å². The number of fused-ring (bicyclic) bond motifs is 3. The van der Waals surface area contributed by atoms with Crippen LogP contribution in [-0.4, -0.2) is 66.6 Å². The van der Waals surface area contributed by atoms with Gasteiger partial charge in [-0.2, -0.15) is 35.8 Å². The fraction of sp³-hybridized carbons (Fsp3) is 0.429. The lowest BCUT2D eigenvalue weighted by molar-refractivity contribution is -0.946. The topological polar surface area (TPSA) is 95.9 Å². The standard InChI is InChI=1S/C26H30NO4S2.C2HF3O2/c28-25(26(29,21-9-15-32-18-21)22-10-16-33-19-22)31-24-17-27(12-7-20(24)8-13-27)11-4-14-30-23-5-2-1-3-6-23;3-2(4,5)1(6)7/h1-3,5-6,9-10,15-16,18-20,24,29H,4,7-8,11-14,17H2;(H,6,7)/q+1;/p-1/t20?,24-,27?;/m0./s1. The second-order valence-electron chi connectivity index (χ2n) is 10.0. The monoisotopic (exact) mass is 597 g/mol. The number of benzene rings is 1. The molecular formula is C28H30F3NO6S2. The number of halogens is 3. The van der Waals surface area contributed by atoms with Crippen molar-refractivity contribution in [3.05, 3.63) is 75.1 Å². The van der Waals surface area contributed by atoms with Crippen LogP contribution >= 0.6 is 22.7 Å². The molecule has 1 N–H and O–H groups in total. The van der Waals surface area contributed by atoms with E-state index in [1.807, 2.05) is 51.9 Å². The van der Waals surface area contributed by atoms with Crippen LogP contribution < -0.4 is 9.84 Å². The van der Waals surface area contributed by atoms with E-state index in [2.05, 4.69) is 0 Å². The molecule has 3 aliphatic rings. The van der Waals surface area contributed by atoms with Crippen molar-refractivity contribution in [2.24, 2.45) is 5.92 Å². The van der Waals surface area contributed by atoms with Gasteiger partial charge in [0.2, 0.25) is 5.60 Å². The average Bonchev–Trinajstić information content (AvgIpc) is 3.68. The van der Waals surface area contributed by atoms with Gasteiger partial charge in [-0.05, 0) is 45.8 Å². The normalized spacial score (nSPS) is 22.2. The molecule has 3 saturated heterocycles. The molecule has 12 heteroatoms. The van der Waals surface area contributed by atoms with E-state index < -0.39 is 23.7 Å². The summed E-state index contributed by atoms with van der Waals surface area (Å²) in [5.41, 5.74) is -0.585. The molecule has 5 heterocycles. The van der Waals surface area contributed by atoms with Gasteiger partial charge in [0.15, 0.2) is 6.10 Å². The Kier molecular flexibility index (Phi) is 9.55. The number of aliphatic carboxylic acids is 1. The molecule has 0 saturated carbocycles. The zero-order valence-corrected chi connectivity index (χ0v) is 23.2. The zero-order valence-electron chi connectivity index (χ0n) is 21.5. The summed E-state index contributed by atoms with van der Waals surface area (Å²) < 4.78 is 44.5. The van der Waals surface area contributed by atoms with Gasteiger partial charge in [-0.25, -0.2) is 4.79 Å². The SMILES string of the molecule is O=C(O[C@H]1C[N+]2(CCCOc3ccccc3)CCC1CC2)C(O)(c1ccsc1)c1ccsc1.O=C([O-])C(F)(F)F. The summed E-state index contributed by atoms with van der Waals surface area (Å²) in [6.45, 7) is 4.79. The van der Waals surface area contributed by atoms with E-state index in [0.717, 1.165) is 55.7 Å². The van der Waals surface area contributed by atoms with Crippen molar-refractivity contribution in [2.45, 2.75) is 37.1 Å². The van der Waals surface area contributed by atoms with Crippen LogP contribution in [0.25, 0.3) is 0 Å². The summed E-state index contributed by atoms with van der Waals surface area (Å²) in [7, 11) is 0. The number of alkyl halides is 3. The predicted octanol–water partition coefficient (Wildman–Crippen LogP) is 3.97. The van der Waals surface area contributed by atoms with Gasteiger partial charge < -0.3 is 29.0 Å². The van der Waals surface area contributed by atoms with Gasteiger partial charge in [-0.3, -0.25) is 0 Å². The summed E-state index contributed by atoms with van der Waals surface area (Å²) >= 11 is 2.94. The predicted molar refractivity (Wildman–Crippen MR) is 142 cm³/mol. The summed E-state index contributed by atoms with van der Waals surface area (Å²) in [6.07, 6.45) is -2.26. The van der Waals surface area contributed by atoms with Gasteiger partial charge in [-0.15, -0.1) is 0 Å². The highest BCUT2D eigenvalue weighted by Crippen LogP contribution is 2.39. The first-order chi connectivity index (χ1) is 19.0. The van der Waals surface area contributed by atoms with Gasteiger partial charge in [-0.1, -0.05) is 18.2 Å². The number of quaternary nitrogens is 1. The van der Waals surface area contributed by atoms with E-state index in [1.165, 1.54) is 22.7 Å². The summed E-state index contributed by atoms with van der Waals surface area (Å²) in [4.78, 5) is 22.2. The highest BCUT2D eigenvalue weighted by atomic mass is 32.1. The Balaban J connectivity index is 0.000000470. The molecule has 3 aromatic rings. The van der Waals surface area contributed by atoms with E-state index in [0.29, 0.717) is 23.7 Å². The number of thiophene rings is 2. The molecule has 1 atom stereocenters. The molecule has 0 unspecified atom stereocenters. The molecule has 40 heavy (non-hydrogen) atoms. The van der Waals surface area contributed by atoms with Crippen LogP contribution in [0.1, 0.15) is 30.4 Å². The third-order valence-corrected chi connectivity index (χ3v) is 8.86. The van der Waals surface area contributed by atoms with Crippen LogP contribution in [-0.2, 0) is 19.9 Å². The number of rotatable bonds is 9. The number of carboxylic acids is 1. The molecule has 6 rings (SSSR count). The molecule has 2 aromatic heterocycles. The van der Waals surface area contributed by atoms with Gasteiger partial charge in [0, 0.05) is 36.3 Å². The maximum atomic E-state index is 13.4.